The van der Waals surface area contributed by atoms with Gasteiger partial charge in [0.15, 0.2) is 11.5 Å². The minimum absolute atomic E-state index is 0.0977. The van der Waals surface area contributed by atoms with E-state index in [0.717, 1.165) is 21.0 Å². The molecule has 0 bridgehead atoms. The number of aryl methyl sites for hydroxylation is 3. The lowest BCUT2D eigenvalue weighted by molar-refractivity contribution is -0.119. The van der Waals surface area contributed by atoms with Crippen molar-refractivity contribution in [1.82, 2.24) is 5.43 Å². The van der Waals surface area contributed by atoms with Crippen molar-refractivity contribution in [1.29, 1.82) is 0 Å². The summed E-state index contributed by atoms with van der Waals surface area (Å²) in [4.78, 5) is 12.9. The molecule has 0 heterocycles. The molecule has 0 radical (unpaired) electrons. The van der Waals surface area contributed by atoms with Gasteiger partial charge < -0.3 is 9.47 Å². The van der Waals surface area contributed by atoms with Gasteiger partial charge in [-0.3, -0.25) is 9.10 Å². The summed E-state index contributed by atoms with van der Waals surface area (Å²) >= 11 is 3.41. The Bertz CT molecular complexity index is 1390. The van der Waals surface area contributed by atoms with Gasteiger partial charge in [0.1, 0.15) is 6.54 Å². The minimum atomic E-state index is -4.02. The number of carbonyl (C=O) groups excluding carboxylic acids is 1. The van der Waals surface area contributed by atoms with Crippen LogP contribution in [0.1, 0.15) is 22.3 Å². The average molecular weight is 574 g/mol. The summed E-state index contributed by atoms with van der Waals surface area (Å²) < 4.78 is 39.5. The number of benzene rings is 3. The van der Waals surface area contributed by atoms with Crippen LogP contribution in [0.15, 0.2) is 69.1 Å². The van der Waals surface area contributed by atoms with E-state index in [9.17, 15) is 13.2 Å². The number of halogens is 1. The maximum Gasteiger partial charge on any atom is 0.264 e. The molecule has 0 aliphatic rings. The van der Waals surface area contributed by atoms with Gasteiger partial charge in [0.2, 0.25) is 0 Å². The first kappa shape index (κ1) is 27.2. The highest BCUT2D eigenvalue weighted by Crippen LogP contribution is 2.35. The number of rotatable bonds is 9. The molecule has 0 saturated heterocycles. The monoisotopic (exact) mass is 573 g/mol. The van der Waals surface area contributed by atoms with Crippen LogP contribution in [0, 0.1) is 20.8 Å². The molecular formula is C26H28BrN3O5S. The maximum absolute atomic E-state index is 13.6. The summed E-state index contributed by atoms with van der Waals surface area (Å²) in [5.74, 6) is 0.427. The van der Waals surface area contributed by atoms with Gasteiger partial charge in [-0.15, -0.1) is 0 Å². The first-order valence-corrected chi connectivity index (χ1v) is 13.2. The summed E-state index contributed by atoms with van der Waals surface area (Å²) in [6.07, 6.45) is 1.43. The molecule has 10 heteroatoms. The average Bonchev–Trinajstić information content (AvgIpc) is 2.84. The Kier molecular flexibility index (Phi) is 8.75. The van der Waals surface area contributed by atoms with Crippen LogP contribution in [-0.4, -0.2) is 41.3 Å². The maximum atomic E-state index is 13.6. The van der Waals surface area contributed by atoms with Crippen LogP contribution in [0.25, 0.3) is 0 Å². The van der Waals surface area contributed by atoms with E-state index in [-0.39, 0.29) is 4.90 Å². The van der Waals surface area contributed by atoms with E-state index in [1.54, 1.807) is 37.3 Å². The van der Waals surface area contributed by atoms with Crippen LogP contribution in [0.4, 0.5) is 5.69 Å². The first-order valence-electron chi connectivity index (χ1n) is 11.0. The molecule has 190 valence electrons. The second-order valence-corrected chi connectivity index (χ2v) is 10.9. The second kappa shape index (κ2) is 11.6. The number of sulfonamides is 1. The van der Waals surface area contributed by atoms with Crippen molar-refractivity contribution in [2.45, 2.75) is 25.7 Å². The summed E-state index contributed by atoms with van der Waals surface area (Å²) in [7, 11) is -0.973. The Balaban J connectivity index is 1.88. The zero-order valence-corrected chi connectivity index (χ0v) is 23.1. The lowest BCUT2D eigenvalue weighted by Crippen LogP contribution is -2.40. The molecule has 36 heavy (non-hydrogen) atoms. The molecule has 1 N–H and O–H groups in total. The van der Waals surface area contributed by atoms with Gasteiger partial charge in [0.05, 0.1) is 35.5 Å². The molecule has 0 saturated carbocycles. The van der Waals surface area contributed by atoms with Crippen molar-refractivity contribution >= 4 is 43.8 Å². The van der Waals surface area contributed by atoms with Crippen LogP contribution in [0.5, 0.6) is 11.5 Å². The Morgan fingerprint density at radius 2 is 1.67 bits per heavy atom. The van der Waals surface area contributed by atoms with Crippen LogP contribution in [0.2, 0.25) is 0 Å². The quantitative estimate of drug-likeness (QED) is 0.294. The lowest BCUT2D eigenvalue weighted by atomic mass is 10.1. The predicted octanol–water partition coefficient (Wildman–Crippen LogP) is 4.74. The van der Waals surface area contributed by atoms with Gasteiger partial charge in [-0.05, 0) is 83.7 Å². The number of hydrazone groups is 1. The molecule has 3 aromatic rings. The van der Waals surface area contributed by atoms with Crippen LogP contribution in [-0.2, 0) is 14.8 Å². The zero-order chi connectivity index (χ0) is 26.5. The second-order valence-electron chi connectivity index (χ2n) is 8.15. The predicted molar refractivity (Wildman–Crippen MR) is 145 cm³/mol. The molecule has 3 aromatic carbocycles. The van der Waals surface area contributed by atoms with Crippen molar-refractivity contribution in [2.24, 2.45) is 5.10 Å². The molecule has 1 amide bonds. The van der Waals surface area contributed by atoms with Gasteiger partial charge >= 0.3 is 0 Å². The van der Waals surface area contributed by atoms with Crippen molar-refractivity contribution in [3.63, 3.8) is 0 Å². The number of hydrogen-bond donors (Lipinski definition) is 1. The molecule has 0 unspecified atom stereocenters. The van der Waals surface area contributed by atoms with Gasteiger partial charge in [0, 0.05) is 0 Å². The molecule has 8 nitrogen and oxygen atoms in total. The van der Waals surface area contributed by atoms with Crippen molar-refractivity contribution in [3.05, 3.63) is 81.3 Å². The van der Waals surface area contributed by atoms with Crippen molar-refractivity contribution in [2.75, 3.05) is 25.1 Å². The molecule has 0 aromatic heterocycles. The fourth-order valence-electron chi connectivity index (χ4n) is 3.48. The van der Waals surface area contributed by atoms with E-state index in [1.165, 1.54) is 32.6 Å². The number of nitrogens with one attached hydrogen (secondary N) is 1. The van der Waals surface area contributed by atoms with E-state index < -0.39 is 22.5 Å². The smallest absolute Gasteiger partial charge is 0.264 e. The van der Waals surface area contributed by atoms with Crippen molar-refractivity contribution in [3.8, 4) is 11.5 Å². The number of carbonyl (C=O) groups is 1. The molecule has 0 spiro atoms. The third kappa shape index (κ3) is 6.24. The number of ether oxygens (including phenoxy) is 2. The molecule has 0 aliphatic carbocycles. The molecule has 0 atom stereocenters. The topological polar surface area (TPSA) is 97.3 Å². The van der Waals surface area contributed by atoms with E-state index in [1.807, 2.05) is 26.0 Å². The Labute approximate surface area is 220 Å². The fourth-order valence-corrected chi connectivity index (χ4v) is 5.58. The zero-order valence-electron chi connectivity index (χ0n) is 20.7. The van der Waals surface area contributed by atoms with Gasteiger partial charge in [-0.25, -0.2) is 13.8 Å². The normalized spacial score (nSPS) is 11.4. The third-order valence-electron chi connectivity index (χ3n) is 5.39. The molecule has 0 aliphatic heterocycles. The van der Waals surface area contributed by atoms with Crippen LogP contribution >= 0.6 is 15.9 Å². The van der Waals surface area contributed by atoms with Crippen molar-refractivity contribution < 1.29 is 22.7 Å². The van der Waals surface area contributed by atoms with Gasteiger partial charge in [-0.2, -0.15) is 5.10 Å². The third-order valence-corrected chi connectivity index (χ3v) is 7.75. The summed E-state index contributed by atoms with van der Waals surface area (Å²) in [6.45, 7) is 5.09. The lowest BCUT2D eigenvalue weighted by Gasteiger charge is -2.25. The highest BCUT2D eigenvalue weighted by Gasteiger charge is 2.28. The number of nitrogens with zero attached hydrogens (tertiary/aromatic N) is 2. The largest absolute Gasteiger partial charge is 0.493 e. The van der Waals surface area contributed by atoms with Gasteiger partial charge in [-0.1, -0.05) is 29.8 Å². The van der Waals surface area contributed by atoms with Crippen LogP contribution < -0.4 is 19.2 Å². The Hall–Kier alpha value is -3.37. The van der Waals surface area contributed by atoms with E-state index >= 15 is 0 Å². The standard InChI is InChI=1S/C26H28BrN3O5S/c1-17-7-10-21(11-8-17)36(32,33)30(23-12-18(2)6-9-19(23)3)16-25(31)29-28-15-20-13-22(27)26(35-5)24(14-20)34-4/h6-15H,16H2,1-5H3,(H,29,31)/b28-15+. The Morgan fingerprint density at radius 1 is 1.00 bits per heavy atom. The highest BCUT2D eigenvalue weighted by molar-refractivity contribution is 9.10. The summed E-state index contributed by atoms with van der Waals surface area (Å²) in [5, 5.41) is 4.00. The molecule has 3 rings (SSSR count). The summed E-state index contributed by atoms with van der Waals surface area (Å²) in [6, 6.07) is 15.4. The van der Waals surface area contributed by atoms with E-state index in [0.29, 0.717) is 27.2 Å². The highest BCUT2D eigenvalue weighted by atomic mass is 79.9. The minimum Gasteiger partial charge on any atom is -0.493 e. The van der Waals surface area contributed by atoms with Crippen LogP contribution in [0.3, 0.4) is 0 Å². The van der Waals surface area contributed by atoms with Gasteiger partial charge in [0.25, 0.3) is 15.9 Å². The summed E-state index contributed by atoms with van der Waals surface area (Å²) in [5.41, 5.74) is 6.02. The van der Waals surface area contributed by atoms with E-state index in [4.69, 9.17) is 9.47 Å². The number of amides is 1. The van der Waals surface area contributed by atoms with E-state index in [2.05, 4.69) is 26.5 Å². The Morgan fingerprint density at radius 3 is 2.31 bits per heavy atom. The number of methoxy groups -OCH3 is 2. The number of hydrogen-bond acceptors (Lipinski definition) is 6. The first-order chi connectivity index (χ1) is 17.1. The SMILES string of the molecule is COc1cc(/C=N/NC(=O)CN(c2cc(C)ccc2C)S(=O)(=O)c2ccc(C)cc2)cc(Br)c1OC. The number of anilines is 1. The molecule has 0 fully saturated rings. The molecular weight excluding hydrogens is 546 g/mol. The fraction of sp³-hybridized carbons (Fsp3) is 0.231.